The Bertz CT molecular complexity index is 875. The Morgan fingerprint density at radius 1 is 1.14 bits per heavy atom. The van der Waals surface area contributed by atoms with Crippen LogP contribution < -0.4 is 9.47 Å². The molecule has 3 rings (SSSR count). The molecule has 0 saturated carbocycles. The molecule has 1 saturated heterocycles. The van der Waals surface area contributed by atoms with Gasteiger partial charge >= 0.3 is 0 Å². The molecule has 6 nitrogen and oxygen atoms in total. The molecule has 0 radical (unpaired) electrons. The molecule has 1 amide bonds. The lowest BCUT2D eigenvalue weighted by molar-refractivity contribution is -0.135. The fraction of sp³-hybridized carbons (Fsp3) is 0.364. The molecule has 0 spiro atoms. The van der Waals surface area contributed by atoms with Crippen molar-refractivity contribution in [2.24, 2.45) is 0 Å². The Morgan fingerprint density at radius 2 is 1.86 bits per heavy atom. The van der Waals surface area contributed by atoms with Crippen molar-refractivity contribution < 1.29 is 14.3 Å². The first-order valence-corrected chi connectivity index (χ1v) is 10.4. The number of hydrogen-bond donors (Lipinski definition) is 0. The number of ether oxygens (including phenoxy) is 2. The predicted octanol–water partition coefficient (Wildman–Crippen LogP) is 3.44. The van der Waals surface area contributed by atoms with Gasteiger partial charge in [0.25, 0.3) is 5.91 Å². The van der Waals surface area contributed by atoms with Gasteiger partial charge in [0.2, 0.25) is 0 Å². The Labute approximate surface area is 179 Å². The average Bonchev–Trinajstić information content (AvgIpc) is 2.74. The van der Waals surface area contributed by atoms with Crippen molar-refractivity contribution in [3.8, 4) is 17.6 Å². The minimum atomic E-state index is -0.0662. The number of hydrogen-bond acceptors (Lipinski definition) is 5. The van der Waals surface area contributed by atoms with Gasteiger partial charge in [-0.25, -0.2) is 0 Å². The predicted molar refractivity (Wildman–Crippen MR) is 114 cm³/mol. The van der Waals surface area contributed by atoms with E-state index in [1.165, 1.54) is 5.56 Å². The maximum Gasteiger partial charge on any atom is 0.260 e. The van der Waals surface area contributed by atoms with E-state index in [-0.39, 0.29) is 12.5 Å². The molecule has 0 atom stereocenters. The van der Waals surface area contributed by atoms with Gasteiger partial charge in [-0.1, -0.05) is 30.3 Å². The number of amides is 1. The number of carbonyl (C=O) groups is 1. The van der Waals surface area contributed by atoms with Gasteiger partial charge in [-0.05, 0) is 34.5 Å². The van der Waals surface area contributed by atoms with Gasteiger partial charge in [0, 0.05) is 38.8 Å². The van der Waals surface area contributed by atoms with Crippen LogP contribution in [0, 0.1) is 11.3 Å². The van der Waals surface area contributed by atoms with Gasteiger partial charge < -0.3 is 14.4 Å². The molecule has 2 aromatic rings. The summed E-state index contributed by atoms with van der Waals surface area (Å²) in [6.07, 6.45) is 0. The Hall–Kier alpha value is -2.56. The number of benzene rings is 2. The van der Waals surface area contributed by atoms with Gasteiger partial charge in [0.05, 0.1) is 22.7 Å². The third-order valence-corrected chi connectivity index (χ3v) is 5.34. The van der Waals surface area contributed by atoms with Crippen LogP contribution in [0.4, 0.5) is 0 Å². The summed E-state index contributed by atoms with van der Waals surface area (Å²) in [5.74, 6) is 0.851. The largest absolute Gasteiger partial charge is 0.490 e. The van der Waals surface area contributed by atoms with E-state index in [4.69, 9.17) is 14.7 Å². The van der Waals surface area contributed by atoms with E-state index in [1.807, 2.05) is 30.0 Å². The molecule has 0 aromatic heterocycles. The van der Waals surface area contributed by atoms with Crippen LogP contribution in [-0.4, -0.2) is 55.1 Å². The second-order valence-electron chi connectivity index (χ2n) is 6.76. The van der Waals surface area contributed by atoms with E-state index in [9.17, 15) is 4.79 Å². The van der Waals surface area contributed by atoms with Crippen LogP contribution in [0.3, 0.4) is 0 Å². The van der Waals surface area contributed by atoms with E-state index in [1.54, 1.807) is 12.1 Å². The number of nitriles is 1. The molecule has 0 unspecified atom stereocenters. The summed E-state index contributed by atoms with van der Waals surface area (Å²) in [5, 5.41) is 9.12. The number of halogens is 1. The van der Waals surface area contributed by atoms with E-state index in [0.717, 1.165) is 19.6 Å². The third-order valence-electron chi connectivity index (χ3n) is 4.75. The number of carbonyl (C=O) groups excluding carboxylic acids is 1. The first-order chi connectivity index (χ1) is 14.1. The first-order valence-electron chi connectivity index (χ1n) is 9.64. The van der Waals surface area contributed by atoms with Crippen molar-refractivity contribution in [1.82, 2.24) is 9.80 Å². The Kier molecular flexibility index (Phi) is 7.50. The van der Waals surface area contributed by atoms with E-state index >= 15 is 0 Å². The summed E-state index contributed by atoms with van der Waals surface area (Å²) in [7, 11) is 0. The standard InChI is InChI=1S/C22H24BrN3O3/c1-2-28-20-13-18(14-24)12-19(23)22(20)29-16-21(27)26-10-8-25(9-11-26)15-17-6-4-3-5-7-17/h3-7,12-13H,2,8-11,15-16H2,1H3. The van der Waals surface area contributed by atoms with Crippen molar-refractivity contribution in [2.75, 3.05) is 39.4 Å². The summed E-state index contributed by atoms with van der Waals surface area (Å²) in [5.41, 5.74) is 1.75. The molecule has 0 aliphatic carbocycles. The van der Waals surface area contributed by atoms with Crippen molar-refractivity contribution in [1.29, 1.82) is 5.26 Å². The second-order valence-corrected chi connectivity index (χ2v) is 7.62. The highest BCUT2D eigenvalue weighted by Crippen LogP contribution is 2.36. The van der Waals surface area contributed by atoms with Gasteiger partial charge in [-0.2, -0.15) is 5.26 Å². The van der Waals surface area contributed by atoms with Gasteiger partial charge in [0.1, 0.15) is 0 Å². The van der Waals surface area contributed by atoms with E-state index < -0.39 is 0 Å². The van der Waals surface area contributed by atoms with Crippen molar-refractivity contribution in [2.45, 2.75) is 13.5 Å². The van der Waals surface area contributed by atoms with Crippen molar-refractivity contribution in [3.05, 3.63) is 58.1 Å². The SMILES string of the molecule is CCOc1cc(C#N)cc(Br)c1OCC(=O)N1CCN(Cc2ccccc2)CC1. The smallest absolute Gasteiger partial charge is 0.260 e. The van der Waals surface area contributed by atoms with Gasteiger partial charge in [-0.15, -0.1) is 0 Å². The number of rotatable bonds is 7. The maximum absolute atomic E-state index is 12.6. The van der Waals surface area contributed by atoms with E-state index in [0.29, 0.717) is 41.2 Å². The normalized spacial score (nSPS) is 14.3. The van der Waals surface area contributed by atoms with Gasteiger partial charge in [0.15, 0.2) is 18.1 Å². The highest BCUT2D eigenvalue weighted by molar-refractivity contribution is 9.10. The summed E-state index contributed by atoms with van der Waals surface area (Å²) >= 11 is 3.41. The molecule has 2 aromatic carbocycles. The summed E-state index contributed by atoms with van der Waals surface area (Å²) in [6, 6.07) is 15.7. The summed E-state index contributed by atoms with van der Waals surface area (Å²) in [4.78, 5) is 16.8. The minimum absolute atomic E-state index is 0.0527. The van der Waals surface area contributed by atoms with Crippen LogP contribution >= 0.6 is 15.9 Å². The lowest BCUT2D eigenvalue weighted by Crippen LogP contribution is -2.49. The molecule has 7 heteroatoms. The zero-order chi connectivity index (χ0) is 20.6. The molecule has 1 fully saturated rings. The van der Waals surface area contributed by atoms with Crippen LogP contribution in [0.2, 0.25) is 0 Å². The fourth-order valence-corrected chi connectivity index (χ4v) is 3.81. The maximum atomic E-state index is 12.6. The van der Waals surface area contributed by atoms with Crippen LogP contribution in [0.1, 0.15) is 18.1 Å². The molecule has 152 valence electrons. The minimum Gasteiger partial charge on any atom is -0.490 e. The molecular weight excluding hydrogens is 434 g/mol. The molecule has 29 heavy (non-hydrogen) atoms. The Morgan fingerprint density at radius 3 is 2.52 bits per heavy atom. The summed E-state index contributed by atoms with van der Waals surface area (Å²) in [6.45, 7) is 6.17. The topological polar surface area (TPSA) is 65.8 Å². The van der Waals surface area contributed by atoms with Crippen molar-refractivity contribution >= 4 is 21.8 Å². The zero-order valence-corrected chi connectivity index (χ0v) is 18.0. The molecule has 0 bridgehead atoms. The molecular formula is C22H24BrN3O3. The Balaban J connectivity index is 1.53. The van der Waals surface area contributed by atoms with Crippen LogP contribution in [-0.2, 0) is 11.3 Å². The second kappa shape index (κ2) is 10.3. The highest BCUT2D eigenvalue weighted by atomic mass is 79.9. The lowest BCUT2D eigenvalue weighted by Gasteiger charge is -2.34. The molecule has 0 N–H and O–H groups in total. The monoisotopic (exact) mass is 457 g/mol. The van der Waals surface area contributed by atoms with Gasteiger partial charge in [-0.3, -0.25) is 9.69 Å². The number of nitrogens with zero attached hydrogens (tertiary/aromatic N) is 3. The zero-order valence-electron chi connectivity index (χ0n) is 16.4. The van der Waals surface area contributed by atoms with Crippen LogP contribution in [0.25, 0.3) is 0 Å². The quantitative estimate of drug-likeness (QED) is 0.636. The lowest BCUT2D eigenvalue weighted by atomic mass is 10.2. The molecule has 1 heterocycles. The highest BCUT2D eigenvalue weighted by Gasteiger charge is 2.22. The number of piperazine rings is 1. The van der Waals surface area contributed by atoms with Crippen LogP contribution in [0.15, 0.2) is 46.9 Å². The first kappa shape index (κ1) is 21.2. The van der Waals surface area contributed by atoms with Crippen molar-refractivity contribution in [3.63, 3.8) is 0 Å². The summed E-state index contributed by atoms with van der Waals surface area (Å²) < 4.78 is 11.9. The third kappa shape index (κ3) is 5.72. The molecule has 1 aliphatic heterocycles. The fourth-order valence-electron chi connectivity index (χ4n) is 3.26. The van der Waals surface area contributed by atoms with Crippen LogP contribution in [0.5, 0.6) is 11.5 Å². The average molecular weight is 458 g/mol. The molecule has 1 aliphatic rings. The van der Waals surface area contributed by atoms with E-state index in [2.05, 4.69) is 39.0 Å².